The maximum absolute atomic E-state index is 14.0. The zero-order chi connectivity index (χ0) is 24.5. The van der Waals surface area contributed by atoms with E-state index in [0.29, 0.717) is 17.5 Å². The number of aryl methyl sites for hydroxylation is 1. The standard InChI is InChI=1S/C28H24FN3O3/c1-17-6-5-7-22(16-17)32-28(35-18(2)33)25(26(31-32)20-10-11-20)19-12-14-21(15-13-19)30-27(34)23-8-3-4-9-24(23)29/h3-9,12-16,20H,10-11H2,1-2H3,(H,30,34). The van der Waals surface area contributed by atoms with Crippen LogP contribution in [0.15, 0.2) is 72.8 Å². The predicted octanol–water partition coefficient (Wildman–Crippen LogP) is 6.04. The van der Waals surface area contributed by atoms with E-state index in [1.54, 1.807) is 22.9 Å². The summed E-state index contributed by atoms with van der Waals surface area (Å²) >= 11 is 0. The zero-order valence-electron chi connectivity index (χ0n) is 19.4. The third kappa shape index (κ3) is 4.71. The molecule has 0 bridgehead atoms. The maximum atomic E-state index is 14.0. The molecule has 1 aliphatic rings. The number of hydrogen-bond donors (Lipinski definition) is 1. The molecule has 1 fully saturated rings. The van der Waals surface area contributed by atoms with Crippen LogP contribution in [0.25, 0.3) is 16.8 Å². The molecular formula is C28H24FN3O3. The summed E-state index contributed by atoms with van der Waals surface area (Å²) in [6.45, 7) is 3.37. The van der Waals surface area contributed by atoms with E-state index in [2.05, 4.69) is 5.32 Å². The van der Waals surface area contributed by atoms with Gasteiger partial charge in [0.1, 0.15) is 5.82 Å². The van der Waals surface area contributed by atoms with E-state index < -0.39 is 17.7 Å². The Morgan fingerprint density at radius 3 is 2.43 bits per heavy atom. The van der Waals surface area contributed by atoms with Gasteiger partial charge in [0.05, 0.1) is 22.5 Å². The van der Waals surface area contributed by atoms with Crippen LogP contribution in [-0.4, -0.2) is 21.7 Å². The number of hydrogen-bond acceptors (Lipinski definition) is 4. The van der Waals surface area contributed by atoms with E-state index in [0.717, 1.165) is 40.9 Å². The van der Waals surface area contributed by atoms with Crippen LogP contribution in [0.2, 0.25) is 0 Å². The van der Waals surface area contributed by atoms with Gasteiger partial charge in [-0.2, -0.15) is 9.78 Å². The van der Waals surface area contributed by atoms with E-state index in [-0.39, 0.29) is 5.56 Å². The van der Waals surface area contributed by atoms with Crippen LogP contribution in [-0.2, 0) is 4.79 Å². The minimum absolute atomic E-state index is 0.0239. The van der Waals surface area contributed by atoms with Crippen LogP contribution in [0.4, 0.5) is 10.1 Å². The number of halogens is 1. The molecule has 1 aromatic heterocycles. The smallest absolute Gasteiger partial charge is 0.309 e. The minimum Gasteiger partial charge on any atom is -0.407 e. The number of benzene rings is 3. The van der Waals surface area contributed by atoms with Crippen molar-refractivity contribution < 1.29 is 18.7 Å². The van der Waals surface area contributed by atoms with Crippen molar-refractivity contribution >= 4 is 17.6 Å². The second-order valence-electron chi connectivity index (χ2n) is 8.70. The lowest BCUT2D eigenvalue weighted by Gasteiger charge is -2.11. The molecule has 1 N–H and O–H groups in total. The fraction of sp³-hybridized carbons (Fsp3) is 0.179. The van der Waals surface area contributed by atoms with Crippen LogP contribution >= 0.6 is 0 Å². The first-order valence-electron chi connectivity index (χ1n) is 11.5. The van der Waals surface area contributed by atoms with Gasteiger partial charge < -0.3 is 10.1 Å². The van der Waals surface area contributed by atoms with Gasteiger partial charge in [0.2, 0.25) is 5.88 Å². The van der Waals surface area contributed by atoms with Gasteiger partial charge in [0.25, 0.3) is 5.91 Å². The average molecular weight is 470 g/mol. The van der Waals surface area contributed by atoms with Crippen molar-refractivity contribution in [3.8, 4) is 22.7 Å². The molecule has 6 nitrogen and oxygen atoms in total. The Balaban J connectivity index is 1.53. The SMILES string of the molecule is CC(=O)Oc1c(-c2ccc(NC(=O)c3ccccc3F)cc2)c(C2CC2)nn1-c1cccc(C)c1. The van der Waals surface area contributed by atoms with Gasteiger partial charge in [-0.1, -0.05) is 36.4 Å². The first kappa shape index (κ1) is 22.5. The lowest BCUT2D eigenvalue weighted by molar-refractivity contribution is -0.132. The molecule has 0 unspecified atom stereocenters. The Hall–Kier alpha value is -4.26. The number of anilines is 1. The second kappa shape index (κ2) is 9.18. The number of rotatable bonds is 6. The molecule has 7 heteroatoms. The van der Waals surface area contributed by atoms with Gasteiger partial charge in [-0.05, 0) is 67.3 Å². The Labute approximate surface area is 202 Å². The summed E-state index contributed by atoms with van der Waals surface area (Å²) in [5.74, 6) is -0.872. The maximum Gasteiger partial charge on any atom is 0.309 e. The molecule has 1 heterocycles. The van der Waals surface area contributed by atoms with Crippen molar-refractivity contribution in [2.24, 2.45) is 0 Å². The zero-order valence-corrected chi connectivity index (χ0v) is 19.4. The van der Waals surface area contributed by atoms with E-state index in [1.165, 1.54) is 25.1 Å². The number of ether oxygens (including phenoxy) is 1. The summed E-state index contributed by atoms with van der Waals surface area (Å²) in [4.78, 5) is 24.5. The summed E-state index contributed by atoms with van der Waals surface area (Å²) in [5, 5.41) is 7.59. The van der Waals surface area contributed by atoms with Crippen molar-refractivity contribution in [2.45, 2.75) is 32.6 Å². The predicted molar refractivity (Wildman–Crippen MR) is 131 cm³/mol. The lowest BCUT2D eigenvalue weighted by atomic mass is 10.0. The summed E-state index contributed by atoms with van der Waals surface area (Å²) in [5.41, 5.74) is 4.83. The Morgan fingerprint density at radius 1 is 1.03 bits per heavy atom. The van der Waals surface area contributed by atoms with Gasteiger partial charge in [0, 0.05) is 18.5 Å². The molecule has 1 aliphatic carbocycles. The van der Waals surface area contributed by atoms with Gasteiger partial charge in [-0.25, -0.2) is 4.39 Å². The molecule has 0 radical (unpaired) electrons. The van der Waals surface area contributed by atoms with Crippen molar-refractivity contribution in [2.75, 3.05) is 5.32 Å². The normalized spacial score (nSPS) is 12.9. The lowest BCUT2D eigenvalue weighted by Crippen LogP contribution is -2.13. The van der Waals surface area contributed by atoms with Crippen LogP contribution in [0.1, 0.15) is 47.3 Å². The van der Waals surface area contributed by atoms with Gasteiger partial charge in [-0.3, -0.25) is 9.59 Å². The fourth-order valence-electron chi connectivity index (χ4n) is 4.06. The molecule has 1 amide bonds. The Bertz CT molecular complexity index is 1420. The summed E-state index contributed by atoms with van der Waals surface area (Å²) in [6.07, 6.45) is 2.04. The topological polar surface area (TPSA) is 73.2 Å². The van der Waals surface area contributed by atoms with Crippen molar-refractivity contribution in [3.63, 3.8) is 0 Å². The van der Waals surface area contributed by atoms with E-state index in [1.807, 2.05) is 43.3 Å². The van der Waals surface area contributed by atoms with Crippen LogP contribution in [0.5, 0.6) is 5.88 Å². The third-order valence-corrected chi connectivity index (χ3v) is 5.87. The molecular weight excluding hydrogens is 445 g/mol. The summed E-state index contributed by atoms with van der Waals surface area (Å²) < 4.78 is 21.3. The largest absolute Gasteiger partial charge is 0.407 e. The van der Waals surface area contributed by atoms with Crippen LogP contribution < -0.4 is 10.1 Å². The highest BCUT2D eigenvalue weighted by molar-refractivity contribution is 6.04. The van der Waals surface area contributed by atoms with Gasteiger partial charge in [0.15, 0.2) is 0 Å². The van der Waals surface area contributed by atoms with Crippen LogP contribution in [0, 0.1) is 12.7 Å². The van der Waals surface area contributed by atoms with E-state index >= 15 is 0 Å². The number of esters is 1. The monoisotopic (exact) mass is 469 g/mol. The van der Waals surface area contributed by atoms with E-state index in [4.69, 9.17) is 9.84 Å². The third-order valence-electron chi connectivity index (χ3n) is 5.87. The number of carbonyl (C=O) groups excluding carboxylic acids is 2. The number of aromatic nitrogens is 2. The molecule has 0 aliphatic heterocycles. The molecule has 176 valence electrons. The van der Waals surface area contributed by atoms with Crippen molar-refractivity contribution in [1.29, 1.82) is 0 Å². The fourth-order valence-corrected chi connectivity index (χ4v) is 4.06. The number of nitrogens with one attached hydrogen (secondary N) is 1. The first-order chi connectivity index (χ1) is 16.9. The van der Waals surface area contributed by atoms with Crippen molar-refractivity contribution in [3.05, 3.63) is 95.4 Å². The molecule has 0 saturated heterocycles. The number of carbonyl (C=O) groups is 2. The van der Waals surface area contributed by atoms with E-state index in [9.17, 15) is 14.0 Å². The minimum atomic E-state index is -0.578. The molecule has 0 atom stereocenters. The molecule has 3 aromatic carbocycles. The van der Waals surface area contributed by atoms with Crippen LogP contribution in [0.3, 0.4) is 0 Å². The molecule has 5 rings (SSSR count). The highest BCUT2D eigenvalue weighted by atomic mass is 19.1. The van der Waals surface area contributed by atoms with Gasteiger partial charge >= 0.3 is 5.97 Å². The highest BCUT2D eigenvalue weighted by Gasteiger charge is 2.34. The Kier molecular flexibility index (Phi) is 5.91. The van der Waals surface area contributed by atoms with Crippen molar-refractivity contribution in [1.82, 2.24) is 9.78 Å². The quantitative estimate of drug-likeness (QED) is 0.349. The average Bonchev–Trinajstić information content (AvgIpc) is 3.61. The number of nitrogens with zero attached hydrogens (tertiary/aromatic N) is 2. The summed E-state index contributed by atoms with van der Waals surface area (Å²) in [6, 6.07) is 20.9. The van der Waals surface area contributed by atoms with Gasteiger partial charge in [-0.15, -0.1) is 0 Å². The summed E-state index contributed by atoms with van der Waals surface area (Å²) in [7, 11) is 0. The highest BCUT2D eigenvalue weighted by Crippen LogP contribution is 2.48. The molecule has 4 aromatic rings. The molecule has 0 spiro atoms. The molecule has 35 heavy (non-hydrogen) atoms. The number of amides is 1. The second-order valence-corrected chi connectivity index (χ2v) is 8.70. The molecule has 1 saturated carbocycles. The first-order valence-corrected chi connectivity index (χ1v) is 11.5. The Morgan fingerprint density at radius 2 is 1.77 bits per heavy atom.